The predicted octanol–water partition coefficient (Wildman–Crippen LogP) is 4.67. The van der Waals surface area contributed by atoms with Crippen LogP contribution in [0.4, 0.5) is 10.1 Å². The summed E-state index contributed by atoms with van der Waals surface area (Å²) in [4.78, 5) is 12.3. The molecule has 3 aromatic rings. The maximum Gasteiger partial charge on any atom is 0.234 e. The number of benzene rings is 2. The number of aryl methyl sites for hydroxylation is 3. The lowest BCUT2D eigenvalue weighted by atomic mass is 10.1. The lowest BCUT2D eigenvalue weighted by Gasteiger charge is -2.11. The number of nitrogens with zero attached hydrogens (tertiary/aromatic N) is 3. The number of carbonyl (C=O) groups is 1. The van der Waals surface area contributed by atoms with Gasteiger partial charge in [0.1, 0.15) is 18.2 Å². The molecule has 1 amide bonds. The van der Waals surface area contributed by atoms with Crippen molar-refractivity contribution in [1.29, 1.82) is 0 Å². The Kier molecular flexibility index (Phi) is 7.10. The second-order valence-corrected chi connectivity index (χ2v) is 7.94. The predicted molar refractivity (Wildman–Crippen MR) is 116 cm³/mol. The summed E-state index contributed by atoms with van der Waals surface area (Å²) in [6.45, 7) is 8.81. The monoisotopic (exact) mass is 428 g/mol. The lowest BCUT2D eigenvalue weighted by molar-refractivity contribution is -0.113. The maximum atomic E-state index is 13.4. The van der Waals surface area contributed by atoms with Crippen molar-refractivity contribution in [3.05, 3.63) is 64.7 Å². The molecule has 3 rings (SSSR count). The summed E-state index contributed by atoms with van der Waals surface area (Å²) in [5.41, 5.74) is 3.52. The van der Waals surface area contributed by atoms with E-state index in [4.69, 9.17) is 4.74 Å². The highest BCUT2D eigenvalue weighted by Gasteiger charge is 2.15. The Morgan fingerprint density at radius 2 is 1.93 bits per heavy atom. The minimum atomic E-state index is -0.386. The summed E-state index contributed by atoms with van der Waals surface area (Å²) in [5, 5.41) is 11.8. The van der Waals surface area contributed by atoms with E-state index in [1.54, 1.807) is 6.07 Å². The zero-order valence-corrected chi connectivity index (χ0v) is 18.3. The van der Waals surface area contributed by atoms with E-state index in [-0.39, 0.29) is 17.5 Å². The van der Waals surface area contributed by atoms with Gasteiger partial charge < -0.3 is 14.6 Å². The van der Waals surface area contributed by atoms with Crippen molar-refractivity contribution < 1.29 is 13.9 Å². The number of nitrogens with one attached hydrogen (secondary N) is 1. The second kappa shape index (κ2) is 9.75. The van der Waals surface area contributed by atoms with Crippen LogP contribution in [0.25, 0.3) is 0 Å². The second-order valence-electron chi connectivity index (χ2n) is 7.00. The molecule has 0 aliphatic rings. The fourth-order valence-corrected chi connectivity index (χ4v) is 3.82. The number of anilines is 1. The molecule has 158 valence electrons. The molecule has 0 radical (unpaired) electrons. The molecule has 30 heavy (non-hydrogen) atoms. The molecule has 0 bridgehead atoms. The number of aromatic nitrogens is 3. The zero-order valence-electron chi connectivity index (χ0n) is 17.5. The van der Waals surface area contributed by atoms with Crippen LogP contribution in [0.1, 0.15) is 29.4 Å². The van der Waals surface area contributed by atoms with E-state index in [0.717, 1.165) is 16.9 Å². The van der Waals surface area contributed by atoms with Gasteiger partial charge in [0.15, 0.2) is 11.0 Å². The first-order valence-corrected chi connectivity index (χ1v) is 10.7. The van der Waals surface area contributed by atoms with Gasteiger partial charge in [-0.25, -0.2) is 4.39 Å². The van der Waals surface area contributed by atoms with E-state index in [9.17, 15) is 9.18 Å². The average Bonchev–Trinajstić information content (AvgIpc) is 3.10. The summed E-state index contributed by atoms with van der Waals surface area (Å²) in [6.07, 6.45) is 0. The number of thioether (sulfide) groups is 1. The molecule has 1 heterocycles. The Hall–Kier alpha value is -2.87. The zero-order chi connectivity index (χ0) is 21.7. The van der Waals surface area contributed by atoms with Crippen LogP contribution in [0, 0.1) is 26.6 Å². The summed E-state index contributed by atoms with van der Waals surface area (Å²) in [7, 11) is 0. The largest absolute Gasteiger partial charge is 0.485 e. The fourth-order valence-electron chi connectivity index (χ4n) is 3.00. The number of hydrogen-bond acceptors (Lipinski definition) is 5. The van der Waals surface area contributed by atoms with Crippen molar-refractivity contribution >= 4 is 23.4 Å². The number of carbonyl (C=O) groups excluding carboxylic acids is 1. The molecule has 6 nitrogen and oxygen atoms in total. The molecule has 1 N–H and O–H groups in total. The van der Waals surface area contributed by atoms with Crippen LogP contribution in [0.3, 0.4) is 0 Å². The topological polar surface area (TPSA) is 69.0 Å². The smallest absolute Gasteiger partial charge is 0.234 e. The van der Waals surface area contributed by atoms with Gasteiger partial charge in [0.05, 0.1) is 5.75 Å². The third-order valence-electron chi connectivity index (χ3n) is 4.60. The van der Waals surface area contributed by atoms with Crippen LogP contribution in [-0.2, 0) is 17.9 Å². The Morgan fingerprint density at radius 1 is 1.13 bits per heavy atom. The molecule has 0 aliphatic carbocycles. The standard InChI is InChI=1S/C22H25FN4O2S/c1-5-27-20(12-29-19-9-6-14(2)10-16(19)4)25-26-22(27)30-13-21(28)24-18-11-17(23)8-7-15(18)3/h6-11H,5,12-13H2,1-4H3,(H,24,28). The highest BCUT2D eigenvalue weighted by Crippen LogP contribution is 2.22. The lowest BCUT2D eigenvalue weighted by Crippen LogP contribution is -2.15. The third-order valence-corrected chi connectivity index (χ3v) is 5.57. The number of rotatable bonds is 8. The van der Waals surface area contributed by atoms with Crippen LogP contribution < -0.4 is 10.1 Å². The van der Waals surface area contributed by atoms with Gasteiger partial charge >= 0.3 is 0 Å². The van der Waals surface area contributed by atoms with Crippen LogP contribution in [-0.4, -0.2) is 26.4 Å². The van der Waals surface area contributed by atoms with Crippen LogP contribution >= 0.6 is 11.8 Å². The first kappa shape index (κ1) is 21.8. The minimum Gasteiger partial charge on any atom is -0.485 e. The first-order valence-electron chi connectivity index (χ1n) is 9.68. The molecule has 0 saturated carbocycles. The van der Waals surface area contributed by atoms with Gasteiger partial charge in [-0.15, -0.1) is 10.2 Å². The van der Waals surface area contributed by atoms with Crippen LogP contribution in [0.15, 0.2) is 41.6 Å². The molecule has 0 saturated heterocycles. The first-order chi connectivity index (χ1) is 14.4. The summed E-state index contributed by atoms with van der Waals surface area (Å²) in [6, 6.07) is 10.3. The Labute approximate surface area is 179 Å². The molecule has 0 aliphatic heterocycles. The number of amides is 1. The quantitative estimate of drug-likeness (QED) is 0.528. The molecule has 1 aromatic heterocycles. The van der Waals surface area contributed by atoms with E-state index in [1.165, 1.54) is 29.5 Å². The van der Waals surface area contributed by atoms with E-state index < -0.39 is 0 Å². The summed E-state index contributed by atoms with van der Waals surface area (Å²) < 4.78 is 21.2. The molecular weight excluding hydrogens is 403 g/mol. The normalized spacial score (nSPS) is 10.8. The molecule has 0 fully saturated rings. The molecular formula is C22H25FN4O2S. The minimum absolute atomic E-state index is 0.145. The van der Waals surface area contributed by atoms with Crippen molar-refractivity contribution in [1.82, 2.24) is 14.8 Å². The van der Waals surface area contributed by atoms with Gasteiger partial charge in [-0.1, -0.05) is 35.5 Å². The highest BCUT2D eigenvalue weighted by molar-refractivity contribution is 7.99. The van der Waals surface area contributed by atoms with Crippen LogP contribution in [0.2, 0.25) is 0 Å². The van der Waals surface area contributed by atoms with Crippen molar-refractivity contribution in [3.8, 4) is 5.75 Å². The SMILES string of the molecule is CCn1c(COc2ccc(C)cc2C)nnc1SCC(=O)Nc1cc(F)ccc1C. The van der Waals surface area contributed by atoms with Gasteiger partial charge in [0, 0.05) is 12.2 Å². The van der Waals surface area contributed by atoms with Crippen molar-refractivity contribution in [2.75, 3.05) is 11.1 Å². The molecule has 8 heteroatoms. The summed E-state index contributed by atoms with van der Waals surface area (Å²) in [5.74, 6) is 1.04. The number of ether oxygens (including phenoxy) is 1. The Balaban J connectivity index is 1.61. The van der Waals surface area contributed by atoms with E-state index in [2.05, 4.69) is 21.6 Å². The van der Waals surface area contributed by atoms with Gasteiger partial charge in [0.25, 0.3) is 0 Å². The average molecular weight is 429 g/mol. The Bertz CT molecular complexity index is 1050. The van der Waals surface area contributed by atoms with E-state index in [0.29, 0.717) is 29.8 Å². The van der Waals surface area contributed by atoms with Gasteiger partial charge in [0.2, 0.25) is 5.91 Å². The van der Waals surface area contributed by atoms with Gasteiger partial charge in [-0.3, -0.25) is 4.79 Å². The third kappa shape index (κ3) is 5.38. The number of hydrogen-bond donors (Lipinski definition) is 1. The molecule has 2 aromatic carbocycles. The van der Waals surface area contributed by atoms with Gasteiger partial charge in [-0.05, 0) is 57.0 Å². The van der Waals surface area contributed by atoms with Crippen molar-refractivity contribution in [3.63, 3.8) is 0 Å². The van der Waals surface area contributed by atoms with Crippen molar-refractivity contribution in [2.24, 2.45) is 0 Å². The number of halogens is 1. The van der Waals surface area contributed by atoms with Crippen LogP contribution in [0.5, 0.6) is 5.75 Å². The molecule has 0 unspecified atom stereocenters. The van der Waals surface area contributed by atoms with E-state index in [1.807, 2.05) is 44.4 Å². The van der Waals surface area contributed by atoms with Crippen molar-refractivity contribution in [2.45, 2.75) is 46.0 Å². The molecule has 0 spiro atoms. The molecule has 0 atom stereocenters. The fraction of sp³-hybridized carbons (Fsp3) is 0.318. The van der Waals surface area contributed by atoms with Gasteiger partial charge in [-0.2, -0.15) is 0 Å². The highest BCUT2D eigenvalue weighted by atomic mass is 32.2. The van der Waals surface area contributed by atoms with E-state index >= 15 is 0 Å². The Morgan fingerprint density at radius 3 is 2.67 bits per heavy atom. The summed E-state index contributed by atoms with van der Waals surface area (Å²) >= 11 is 1.28. The maximum absolute atomic E-state index is 13.4.